The predicted molar refractivity (Wildman–Crippen MR) is 71.6 cm³/mol. The molecule has 7 nitrogen and oxygen atoms in total. The van der Waals surface area contributed by atoms with Gasteiger partial charge in [0.1, 0.15) is 13.2 Å². The van der Waals surface area contributed by atoms with E-state index in [9.17, 15) is 0 Å². The smallest absolute Gasteiger partial charge is 0.188 e. The Morgan fingerprint density at radius 1 is 1.25 bits per heavy atom. The van der Waals surface area contributed by atoms with Gasteiger partial charge in [-0.1, -0.05) is 6.07 Å². The van der Waals surface area contributed by atoms with E-state index in [1.165, 1.54) is 10.4 Å². The van der Waals surface area contributed by atoms with Crippen LogP contribution in [-0.4, -0.2) is 40.0 Å². The first kappa shape index (κ1) is 12.9. The number of nitrogens with one attached hydrogen (secondary N) is 1. The molecule has 1 aromatic carbocycles. The summed E-state index contributed by atoms with van der Waals surface area (Å²) in [6, 6.07) is 6.07. The Balaban J connectivity index is 1.48. The molecule has 0 atom stereocenters. The van der Waals surface area contributed by atoms with E-state index in [1.807, 2.05) is 12.1 Å². The minimum absolute atomic E-state index is 0.618. The highest BCUT2D eigenvalue weighted by atomic mass is 16.6. The molecule has 0 spiro atoms. The van der Waals surface area contributed by atoms with E-state index in [-0.39, 0.29) is 0 Å². The van der Waals surface area contributed by atoms with Crippen molar-refractivity contribution >= 4 is 0 Å². The van der Waals surface area contributed by atoms with Crippen molar-refractivity contribution in [2.75, 3.05) is 19.8 Å². The molecule has 1 aliphatic heterocycles. The van der Waals surface area contributed by atoms with Crippen LogP contribution in [0.4, 0.5) is 0 Å². The SMILES string of the molecule is Cn1nnc(CNCCc2ccc3c(c2)OCCO3)n1. The Morgan fingerprint density at radius 2 is 2.10 bits per heavy atom. The van der Waals surface area contributed by atoms with Gasteiger partial charge in [0.05, 0.1) is 13.6 Å². The number of tetrazole rings is 1. The van der Waals surface area contributed by atoms with Crippen molar-refractivity contribution < 1.29 is 9.47 Å². The normalized spacial score (nSPS) is 13.4. The van der Waals surface area contributed by atoms with E-state index >= 15 is 0 Å². The van der Waals surface area contributed by atoms with Crippen LogP contribution in [0, 0.1) is 0 Å². The zero-order valence-electron chi connectivity index (χ0n) is 11.4. The Bertz CT molecular complexity index is 584. The highest BCUT2D eigenvalue weighted by Crippen LogP contribution is 2.30. The van der Waals surface area contributed by atoms with Gasteiger partial charge in [0.2, 0.25) is 0 Å². The summed E-state index contributed by atoms with van der Waals surface area (Å²) in [6.07, 6.45) is 0.914. The average Bonchev–Trinajstić information content (AvgIpc) is 2.89. The number of nitrogens with zero attached hydrogens (tertiary/aromatic N) is 4. The lowest BCUT2D eigenvalue weighted by molar-refractivity contribution is 0.171. The molecule has 3 rings (SSSR count). The second-order valence-electron chi connectivity index (χ2n) is 4.60. The van der Waals surface area contributed by atoms with E-state index in [4.69, 9.17) is 9.47 Å². The minimum atomic E-state index is 0.618. The highest BCUT2D eigenvalue weighted by molar-refractivity contribution is 5.43. The van der Waals surface area contributed by atoms with E-state index in [1.54, 1.807) is 7.05 Å². The first-order valence-corrected chi connectivity index (χ1v) is 6.63. The Morgan fingerprint density at radius 3 is 2.90 bits per heavy atom. The fourth-order valence-corrected chi connectivity index (χ4v) is 2.07. The summed E-state index contributed by atoms with van der Waals surface area (Å²) in [7, 11) is 1.76. The van der Waals surface area contributed by atoms with Crippen LogP contribution in [-0.2, 0) is 20.0 Å². The maximum atomic E-state index is 5.57. The molecule has 2 heterocycles. The van der Waals surface area contributed by atoms with Gasteiger partial charge in [-0.3, -0.25) is 0 Å². The quantitative estimate of drug-likeness (QED) is 0.792. The Hall–Kier alpha value is -2.15. The molecule has 1 aliphatic rings. The van der Waals surface area contributed by atoms with Gasteiger partial charge in [0.15, 0.2) is 17.3 Å². The molecule has 0 unspecified atom stereocenters. The van der Waals surface area contributed by atoms with Crippen molar-refractivity contribution in [2.24, 2.45) is 7.05 Å². The van der Waals surface area contributed by atoms with Crippen LogP contribution < -0.4 is 14.8 Å². The minimum Gasteiger partial charge on any atom is -0.486 e. The van der Waals surface area contributed by atoms with Gasteiger partial charge in [0.25, 0.3) is 0 Å². The molecular formula is C13H17N5O2. The van der Waals surface area contributed by atoms with Crippen LogP contribution in [0.3, 0.4) is 0 Å². The summed E-state index contributed by atoms with van der Waals surface area (Å²) in [5, 5.41) is 15.1. The molecule has 0 saturated heterocycles. The number of fused-ring (bicyclic) bond motifs is 1. The van der Waals surface area contributed by atoms with E-state index in [0.29, 0.717) is 25.6 Å². The van der Waals surface area contributed by atoms with E-state index in [2.05, 4.69) is 26.8 Å². The summed E-state index contributed by atoms with van der Waals surface area (Å²) in [4.78, 5) is 1.46. The summed E-state index contributed by atoms with van der Waals surface area (Å²) in [5.74, 6) is 2.37. The molecule has 20 heavy (non-hydrogen) atoms. The van der Waals surface area contributed by atoms with Crippen LogP contribution >= 0.6 is 0 Å². The van der Waals surface area contributed by atoms with Crippen LogP contribution in [0.2, 0.25) is 0 Å². The van der Waals surface area contributed by atoms with Crippen molar-refractivity contribution in [3.63, 3.8) is 0 Å². The van der Waals surface area contributed by atoms with Crippen molar-refractivity contribution in [1.82, 2.24) is 25.5 Å². The zero-order valence-corrected chi connectivity index (χ0v) is 11.4. The monoisotopic (exact) mass is 275 g/mol. The summed E-state index contributed by atoms with van der Waals surface area (Å²) < 4.78 is 11.1. The second kappa shape index (κ2) is 5.87. The maximum Gasteiger partial charge on any atom is 0.188 e. The number of rotatable bonds is 5. The number of hydrogen-bond acceptors (Lipinski definition) is 6. The Kier molecular flexibility index (Phi) is 3.78. The molecule has 0 saturated carbocycles. The van der Waals surface area contributed by atoms with Crippen LogP contribution in [0.15, 0.2) is 18.2 Å². The third-order valence-electron chi connectivity index (χ3n) is 3.03. The molecule has 2 aromatic rings. The molecule has 7 heteroatoms. The third kappa shape index (κ3) is 3.05. The molecule has 0 aliphatic carbocycles. The highest BCUT2D eigenvalue weighted by Gasteiger charge is 2.11. The van der Waals surface area contributed by atoms with Gasteiger partial charge >= 0.3 is 0 Å². The van der Waals surface area contributed by atoms with Gasteiger partial charge in [-0.25, -0.2) is 0 Å². The molecule has 1 aromatic heterocycles. The molecule has 0 radical (unpaired) electrons. The molecule has 0 fully saturated rings. The van der Waals surface area contributed by atoms with Crippen LogP contribution in [0.5, 0.6) is 11.5 Å². The number of hydrogen-bond donors (Lipinski definition) is 1. The first-order valence-electron chi connectivity index (χ1n) is 6.63. The van der Waals surface area contributed by atoms with Crippen molar-refractivity contribution in [1.29, 1.82) is 0 Å². The summed E-state index contributed by atoms with van der Waals surface area (Å²) in [6.45, 7) is 2.71. The maximum absolute atomic E-state index is 5.57. The zero-order chi connectivity index (χ0) is 13.8. The molecule has 0 amide bonds. The Labute approximate surface area is 116 Å². The largest absolute Gasteiger partial charge is 0.486 e. The van der Waals surface area contributed by atoms with Gasteiger partial charge in [-0.05, 0) is 35.9 Å². The van der Waals surface area contributed by atoms with Gasteiger partial charge in [-0.15, -0.1) is 10.2 Å². The number of ether oxygens (including phenoxy) is 2. The first-order chi connectivity index (χ1) is 9.81. The lowest BCUT2D eigenvalue weighted by Gasteiger charge is -2.18. The predicted octanol–water partition coefficient (Wildman–Crippen LogP) is 0.314. The fraction of sp³-hybridized carbons (Fsp3) is 0.462. The summed E-state index contributed by atoms with van der Waals surface area (Å²) >= 11 is 0. The summed E-state index contributed by atoms with van der Waals surface area (Å²) in [5.41, 5.74) is 1.22. The molecule has 0 bridgehead atoms. The second-order valence-corrected chi connectivity index (χ2v) is 4.60. The topological polar surface area (TPSA) is 74.1 Å². The van der Waals surface area contributed by atoms with Crippen LogP contribution in [0.1, 0.15) is 11.4 Å². The fourth-order valence-electron chi connectivity index (χ4n) is 2.07. The van der Waals surface area contributed by atoms with Gasteiger partial charge < -0.3 is 14.8 Å². The lowest BCUT2D eigenvalue weighted by atomic mass is 10.1. The number of benzene rings is 1. The van der Waals surface area contributed by atoms with E-state index in [0.717, 1.165) is 24.5 Å². The van der Waals surface area contributed by atoms with Crippen molar-refractivity contribution in [2.45, 2.75) is 13.0 Å². The van der Waals surface area contributed by atoms with Crippen LogP contribution in [0.25, 0.3) is 0 Å². The standard InChI is InChI=1S/C13H17N5O2/c1-18-16-13(15-17-18)9-14-5-4-10-2-3-11-12(8-10)20-7-6-19-11/h2-3,8,14H,4-7,9H2,1H3. The lowest BCUT2D eigenvalue weighted by Crippen LogP contribution is -2.18. The number of aromatic nitrogens is 4. The van der Waals surface area contributed by atoms with Gasteiger partial charge in [-0.2, -0.15) is 4.80 Å². The molecule has 106 valence electrons. The third-order valence-corrected chi connectivity index (χ3v) is 3.03. The van der Waals surface area contributed by atoms with Crippen molar-refractivity contribution in [3.05, 3.63) is 29.6 Å². The average molecular weight is 275 g/mol. The van der Waals surface area contributed by atoms with Gasteiger partial charge in [0, 0.05) is 0 Å². The number of aryl methyl sites for hydroxylation is 1. The molecule has 1 N–H and O–H groups in total. The van der Waals surface area contributed by atoms with E-state index < -0.39 is 0 Å². The van der Waals surface area contributed by atoms with Crippen molar-refractivity contribution in [3.8, 4) is 11.5 Å². The molecular weight excluding hydrogens is 258 g/mol.